The maximum atomic E-state index is 10.1. The summed E-state index contributed by atoms with van der Waals surface area (Å²) in [5.74, 6) is 3.88. The standard InChI is InChI=1S/C18H34N2O/c1-12(2)13-4-6-17(19-3)15(8-13)10-20-9-14-5-7-18(21)16(14)11-20/h12-19,21H,4-11H2,1-3H3. The van der Waals surface area contributed by atoms with Crippen molar-refractivity contribution in [1.82, 2.24) is 10.2 Å². The van der Waals surface area contributed by atoms with Gasteiger partial charge in [-0.05, 0) is 62.8 Å². The van der Waals surface area contributed by atoms with Crippen LogP contribution in [0.15, 0.2) is 0 Å². The summed E-state index contributed by atoms with van der Waals surface area (Å²) >= 11 is 0. The van der Waals surface area contributed by atoms with Crippen molar-refractivity contribution in [2.45, 2.75) is 58.1 Å². The highest BCUT2D eigenvalue weighted by molar-refractivity contribution is 4.95. The molecular weight excluding hydrogens is 260 g/mol. The van der Waals surface area contributed by atoms with Crippen LogP contribution in [0.4, 0.5) is 0 Å². The van der Waals surface area contributed by atoms with Crippen LogP contribution in [0.1, 0.15) is 46.0 Å². The van der Waals surface area contributed by atoms with E-state index in [1.165, 1.54) is 38.8 Å². The minimum absolute atomic E-state index is 0.0186. The fraction of sp³-hybridized carbons (Fsp3) is 1.00. The predicted molar refractivity (Wildman–Crippen MR) is 87.2 cm³/mol. The van der Waals surface area contributed by atoms with Crippen molar-refractivity contribution in [3.63, 3.8) is 0 Å². The smallest absolute Gasteiger partial charge is 0.0583 e. The Morgan fingerprint density at radius 3 is 2.62 bits per heavy atom. The van der Waals surface area contributed by atoms with Crippen molar-refractivity contribution in [3.05, 3.63) is 0 Å². The molecule has 122 valence electrons. The molecule has 21 heavy (non-hydrogen) atoms. The van der Waals surface area contributed by atoms with E-state index >= 15 is 0 Å². The lowest BCUT2D eigenvalue weighted by Crippen LogP contribution is -2.45. The topological polar surface area (TPSA) is 35.5 Å². The highest BCUT2D eigenvalue weighted by atomic mass is 16.3. The van der Waals surface area contributed by atoms with Gasteiger partial charge >= 0.3 is 0 Å². The average molecular weight is 294 g/mol. The molecule has 3 fully saturated rings. The molecule has 3 nitrogen and oxygen atoms in total. The van der Waals surface area contributed by atoms with Gasteiger partial charge < -0.3 is 15.3 Å². The van der Waals surface area contributed by atoms with Crippen LogP contribution < -0.4 is 5.32 Å². The number of fused-ring (bicyclic) bond motifs is 1. The second-order valence-electron chi connectivity index (χ2n) is 8.26. The van der Waals surface area contributed by atoms with Gasteiger partial charge in [-0.2, -0.15) is 0 Å². The summed E-state index contributed by atoms with van der Waals surface area (Å²) in [4.78, 5) is 2.66. The van der Waals surface area contributed by atoms with E-state index in [0.29, 0.717) is 12.0 Å². The zero-order chi connectivity index (χ0) is 15.0. The molecule has 2 aliphatic carbocycles. The lowest BCUT2D eigenvalue weighted by molar-refractivity contribution is 0.108. The third-order valence-corrected chi connectivity index (χ3v) is 6.72. The number of hydrogen-bond acceptors (Lipinski definition) is 3. The molecule has 3 heteroatoms. The SMILES string of the molecule is CNC1CCC(C(C)C)CC1CN1CC2CCC(O)C2C1. The third-order valence-electron chi connectivity index (χ3n) is 6.72. The van der Waals surface area contributed by atoms with Crippen LogP contribution in [0.2, 0.25) is 0 Å². The Morgan fingerprint density at radius 1 is 1.14 bits per heavy atom. The van der Waals surface area contributed by atoms with Gasteiger partial charge in [0.2, 0.25) is 0 Å². The number of nitrogens with one attached hydrogen (secondary N) is 1. The van der Waals surface area contributed by atoms with Crippen molar-refractivity contribution < 1.29 is 5.11 Å². The maximum Gasteiger partial charge on any atom is 0.0583 e. The van der Waals surface area contributed by atoms with Crippen molar-refractivity contribution in [1.29, 1.82) is 0 Å². The summed E-state index contributed by atoms with van der Waals surface area (Å²) in [5, 5.41) is 13.7. The van der Waals surface area contributed by atoms with Crippen molar-refractivity contribution in [2.75, 3.05) is 26.7 Å². The van der Waals surface area contributed by atoms with E-state index in [4.69, 9.17) is 0 Å². The van der Waals surface area contributed by atoms with E-state index in [-0.39, 0.29) is 6.10 Å². The molecule has 0 aromatic heterocycles. The molecule has 0 aromatic rings. The van der Waals surface area contributed by atoms with Gasteiger partial charge in [0, 0.05) is 31.6 Å². The van der Waals surface area contributed by atoms with Crippen LogP contribution in [0.5, 0.6) is 0 Å². The van der Waals surface area contributed by atoms with Crippen LogP contribution in [-0.2, 0) is 0 Å². The van der Waals surface area contributed by atoms with Crippen molar-refractivity contribution in [3.8, 4) is 0 Å². The monoisotopic (exact) mass is 294 g/mol. The minimum Gasteiger partial charge on any atom is -0.393 e. The Hall–Kier alpha value is -0.120. The molecule has 1 aliphatic heterocycles. The number of aliphatic hydroxyl groups excluding tert-OH is 1. The molecule has 6 unspecified atom stereocenters. The van der Waals surface area contributed by atoms with Gasteiger partial charge in [-0.15, -0.1) is 0 Å². The first-order chi connectivity index (χ1) is 10.1. The minimum atomic E-state index is -0.0186. The second kappa shape index (κ2) is 6.55. The normalized spacial score (nSPS) is 44.4. The van der Waals surface area contributed by atoms with Gasteiger partial charge in [-0.1, -0.05) is 13.8 Å². The summed E-state index contributed by atoms with van der Waals surface area (Å²) < 4.78 is 0. The molecule has 2 saturated carbocycles. The summed E-state index contributed by atoms with van der Waals surface area (Å²) in [6.07, 6.45) is 6.39. The van der Waals surface area contributed by atoms with E-state index < -0.39 is 0 Å². The molecule has 0 bridgehead atoms. The predicted octanol–water partition coefficient (Wildman–Crippen LogP) is 2.35. The molecular formula is C18H34N2O. The van der Waals surface area contributed by atoms with Gasteiger partial charge in [0.1, 0.15) is 0 Å². The first kappa shape index (κ1) is 15.8. The molecule has 0 spiro atoms. The third kappa shape index (κ3) is 3.30. The van der Waals surface area contributed by atoms with Gasteiger partial charge in [0.25, 0.3) is 0 Å². The summed E-state index contributed by atoms with van der Waals surface area (Å²) in [7, 11) is 2.13. The van der Waals surface area contributed by atoms with Crippen LogP contribution in [0.25, 0.3) is 0 Å². The zero-order valence-corrected chi connectivity index (χ0v) is 14.1. The van der Waals surface area contributed by atoms with Gasteiger partial charge in [0.05, 0.1) is 6.10 Å². The first-order valence-electron chi connectivity index (χ1n) is 9.16. The Kier molecular flexibility index (Phi) is 4.92. The second-order valence-corrected chi connectivity index (χ2v) is 8.26. The number of hydrogen-bond donors (Lipinski definition) is 2. The fourth-order valence-corrected chi connectivity index (χ4v) is 5.30. The van der Waals surface area contributed by atoms with Gasteiger partial charge in [-0.3, -0.25) is 0 Å². The van der Waals surface area contributed by atoms with E-state index in [2.05, 4.69) is 31.1 Å². The molecule has 0 radical (unpaired) electrons. The Morgan fingerprint density at radius 2 is 1.95 bits per heavy atom. The maximum absolute atomic E-state index is 10.1. The molecule has 0 aromatic carbocycles. The van der Waals surface area contributed by atoms with E-state index in [1.807, 2.05) is 0 Å². The highest BCUT2D eigenvalue weighted by Crippen LogP contribution is 2.40. The van der Waals surface area contributed by atoms with Crippen molar-refractivity contribution in [2.24, 2.45) is 29.6 Å². The van der Waals surface area contributed by atoms with Gasteiger partial charge in [0.15, 0.2) is 0 Å². The summed E-state index contributed by atoms with van der Waals surface area (Å²) in [6.45, 7) is 8.40. The number of aliphatic hydroxyl groups is 1. The lowest BCUT2D eigenvalue weighted by atomic mass is 9.73. The largest absolute Gasteiger partial charge is 0.393 e. The number of likely N-dealkylation sites (tertiary alicyclic amines) is 1. The molecule has 2 N–H and O–H groups in total. The summed E-state index contributed by atoms with van der Waals surface area (Å²) in [5.41, 5.74) is 0. The van der Waals surface area contributed by atoms with E-state index in [1.54, 1.807) is 0 Å². The molecule has 1 saturated heterocycles. The van der Waals surface area contributed by atoms with Crippen LogP contribution >= 0.6 is 0 Å². The lowest BCUT2D eigenvalue weighted by Gasteiger charge is -2.39. The summed E-state index contributed by atoms with van der Waals surface area (Å²) in [6, 6.07) is 0.699. The van der Waals surface area contributed by atoms with E-state index in [9.17, 15) is 5.11 Å². The fourth-order valence-electron chi connectivity index (χ4n) is 5.30. The number of rotatable bonds is 4. The molecule has 0 amide bonds. The van der Waals surface area contributed by atoms with Gasteiger partial charge in [-0.25, -0.2) is 0 Å². The van der Waals surface area contributed by atoms with Crippen LogP contribution in [0, 0.1) is 29.6 Å². The molecule has 6 atom stereocenters. The molecule has 3 rings (SSSR count). The van der Waals surface area contributed by atoms with Crippen LogP contribution in [-0.4, -0.2) is 48.8 Å². The first-order valence-corrected chi connectivity index (χ1v) is 9.16. The van der Waals surface area contributed by atoms with E-state index in [0.717, 1.165) is 36.6 Å². The van der Waals surface area contributed by atoms with Crippen LogP contribution in [0.3, 0.4) is 0 Å². The Labute approximate surface area is 130 Å². The molecule has 1 heterocycles. The quantitative estimate of drug-likeness (QED) is 0.835. The Bertz CT molecular complexity index is 346. The average Bonchev–Trinajstić information content (AvgIpc) is 3.01. The van der Waals surface area contributed by atoms with Crippen molar-refractivity contribution >= 4 is 0 Å². The Balaban J connectivity index is 1.57. The number of nitrogens with zero attached hydrogens (tertiary/aromatic N) is 1. The highest BCUT2D eigenvalue weighted by Gasteiger charge is 2.43. The zero-order valence-electron chi connectivity index (χ0n) is 14.1. The molecule has 3 aliphatic rings.